The number of thioether (sulfide) groups is 1. The average Bonchev–Trinajstić information content (AvgIpc) is 3.15. The van der Waals surface area contributed by atoms with E-state index in [1.54, 1.807) is 22.9 Å². The summed E-state index contributed by atoms with van der Waals surface area (Å²) in [6, 6.07) is 7.84. The summed E-state index contributed by atoms with van der Waals surface area (Å²) in [4.78, 5) is 18.8. The fourth-order valence-electron chi connectivity index (χ4n) is 2.03. The molecule has 1 unspecified atom stereocenters. The first-order valence-corrected chi connectivity index (χ1v) is 8.51. The van der Waals surface area contributed by atoms with Crippen molar-refractivity contribution >= 4 is 34.9 Å². The van der Waals surface area contributed by atoms with E-state index in [-0.39, 0.29) is 12.2 Å². The summed E-state index contributed by atoms with van der Waals surface area (Å²) in [5.74, 6) is 0. The SMILES string of the molecule is CSc1ccc(N2CC(COc3nccs3)OC2=O)cc1. The minimum Gasteiger partial charge on any atom is -0.466 e. The van der Waals surface area contributed by atoms with Gasteiger partial charge in [0.1, 0.15) is 6.61 Å². The highest BCUT2D eigenvalue weighted by Gasteiger charge is 2.32. The zero-order chi connectivity index (χ0) is 14.7. The molecular formula is C14H14N2O3S2. The van der Waals surface area contributed by atoms with Crippen molar-refractivity contribution in [1.29, 1.82) is 0 Å². The van der Waals surface area contributed by atoms with Gasteiger partial charge in [-0.05, 0) is 30.5 Å². The fraction of sp³-hybridized carbons (Fsp3) is 0.286. The van der Waals surface area contributed by atoms with Gasteiger partial charge in [0.05, 0.1) is 6.54 Å². The number of cyclic esters (lactones) is 1. The molecule has 1 aromatic heterocycles. The molecule has 0 aliphatic carbocycles. The fourth-order valence-corrected chi connectivity index (χ4v) is 2.93. The Morgan fingerprint density at radius 3 is 2.95 bits per heavy atom. The van der Waals surface area contributed by atoms with Gasteiger partial charge in [-0.25, -0.2) is 9.78 Å². The van der Waals surface area contributed by atoms with Gasteiger partial charge in [-0.2, -0.15) is 0 Å². The number of hydrogen-bond acceptors (Lipinski definition) is 6. The first-order chi connectivity index (χ1) is 10.3. The molecule has 0 N–H and O–H groups in total. The predicted octanol–water partition coefficient (Wildman–Crippen LogP) is 3.27. The second kappa shape index (κ2) is 6.36. The molecule has 110 valence electrons. The molecule has 0 radical (unpaired) electrons. The van der Waals surface area contributed by atoms with E-state index in [0.717, 1.165) is 10.6 Å². The van der Waals surface area contributed by atoms with Gasteiger partial charge in [0.15, 0.2) is 6.10 Å². The van der Waals surface area contributed by atoms with Gasteiger partial charge in [-0.15, -0.1) is 11.8 Å². The maximum absolute atomic E-state index is 11.9. The van der Waals surface area contributed by atoms with E-state index in [1.807, 2.05) is 35.9 Å². The lowest BCUT2D eigenvalue weighted by Crippen LogP contribution is -2.26. The Bertz CT molecular complexity index is 601. The van der Waals surface area contributed by atoms with Crippen LogP contribution in [-0.4, -0.2) is 36.6 Å². The number of carbonyl (C=O) groups excluding carboxylic acids is 1. The van der Waals surface area contributed by atoms with E-state index in [2.05, 4.69) is 4.98 Å². The smallest absolute Gasteiger partial charge is 0.414 e. The van der Waals surface area contributed by atoms with Crippen LogP contribution in [0.15, 0.2) is 40.7 Å². The molecule has 1 fully saturated rings. The Labute approximate surface area is 130 Å². The van der Waals surface area contributed by atoms with Gasteiger partial charge >= 0.3 is 6.09 Å². The van der Waals surface area contributed by atoms with Gasteiger partial charge in [-0.1, -0.05) is 11.3 Å². The molecular weight excluding hydrogens is 308 g/mol. The molecule has 0 saturated carbocycles. The van der Waals surface area contributed by atoms with Crippen molar-refractivity contribution in [1.82, 2.24) is 4.98 Å². The maximum Gasteiger partial charge on any atom is 0.414 e. The largest absolute Gasteiger partial charge is 0.466 e. The van der Waals surface area contributed by atoms with Crippen molar-refractivity contribution in [2.75, 3.05) is 24.3 Å². The molecule has 1 aliphatic rings. The van der Waals surface area contributed by atoms with Crippen LogP contribution in [-0.2, 0) is 4.74 Å². The Balaban J connectivity index is 1.61. The van der Waals surface area contributed by atoms with Crippen LogP contribution in [0, 0.1) is 0 Å². The third kappa shape index (κ3) is 3.30. The van der Waals surface area contributed by atoms with E-state index in [9.17, 15) is 4.79 Å². The van der Waals surface area contributed by atoms with E-state index in [0.29, 0.717) is 18.3 Å². The molecule has 3 rings (SSSR count). The van der Waals surface area contributed by atoms with Crippen molar-refractivity contribution in [2.24, 2.45) is 0 Å². The maximum atomic E-state index is 11.9. The van der Waals surface area contributed by atoms with Gasteiger partial charge in [-0.3, -0.25) is 4.90 Å². The van der Waals surface area contributed by atoms with Crippen molar-refractivity contribution in [3.05, 3.63) is 35.8 Å². The lowest BCUT2D eigenvalue weighted by Gasteiger charge is -2.13. The van der Waals surface area contributed by atoms with Crippen molar-refractivity contribution in [3.8, 4) is 5.19 Å². The predicted molar refractivity (Wildman–Crippen MR) is 83.4 cm³/mol. The van der Waals surface area contributed by atoms with Crippen LogP contribution in [0.25, 0.3) is 0 Å². The standard InChI is InChI=1S/C14H14N2O3S2/c1-20-12-4-2-10(3-5-12)16-8-11(19-14(16)17)9-18-13-15-6-7-21-13/h2-7,11H,8-9H2,1H3. The lowest BCUT2D eigenvalue weighted by atomic mass is 10.3. The molecule has 2 aromatic rings. The average molecular weight is 322 g/mol. The van der Waals surface area contributed by atoms with Crippen LogP contribution in [0.3, 0.4) is 0 Å². The Kier molecular flexibility index (Phi) is 4.31. The number of aromatic nitrogens is 1. The molecule has 7 heteroatoms. The normalized spacial score (nSPS) is 17.9. The summed E-state index contributed by atoms with van der Waals surface area (Å²) in [6.07, 6.45) is 3.09. The first-order valence-electron chi connectivity index (χ1n) is 6.41. The zero-order valence-electron chi connectivity index (χ0n) is 11.4. The van der Waals surface area contributed by atoms with Crippen molar-refractivity contribution < 1.29 is 14.3 Å². The van der Waals surface area contributed by atoms with Gasteiger partial charge in [0, 0.05) is 22.2 Å². The third-order valence-electron chi connectivity index (χ3n) is 3.06. The van der Waals surface area contributed by atoms with E-state index >= 15 is 0 Å². The quantitative estimate of drug-likeness (QED) is 0.791. The third-order valence-corrected chi connectivity index (χ3v) is 4.49. The van der Waals surface area contributed by atoms with E-state index in [4.69, 9.17) is 9.47 Å². The molecule has 1 saturated heterocycles. The summed E-state index contributed by atoms with van der Waals surface area (Å²) in [5, 5.41) is 2.43. The van der Waals surface area contributed by atoms with Crippen LogP contribution in [0.1, 0.15) is 0 Å². The highest BCUT2D eigenvalue weighted by Crippen LogP contribution is 2.25. The van der Waals surface area contributed by atoms with Gasteiger partial charge in [0.25, 0.3) is 5.19 Å². The number of ether oxygens (including phenoxy) is 2. The number of benzene rings is 1. The lowest BCUT2D eigenvalue weighted by molar-refractivity contribution is 0.105. The molecule has 2 heterocycles. The van der Waals surface area contributed by atoms with Crippen LogP contribution < -0.4 is 9.64 Å². The highest BCUT2D eigenvalue weighted by atomic mass is 32.2. The van der Waals surface area contributed by atoms with Crippen LogP contribution in [0.4, 0.5) is 10.5 Å². The van der Waals surface area contributed by atoms with Crippen molar-refractivity contribution in [3.63, 3.8) is 0 Å². The summed E-state index contributed by atoms with van der Waals surface area (Å²) in [6.45, 7) is 0.807. The van der Waals surface area contributed by atoms with Gasteiger partial charge < -0.3 is 9.47 Å². The van der Waals surface area contributed by atoms with Crippen molar-refractivity contribution in [2.45, 2.75) is 11.0 Å². The molecule has 1 aromatic carbocycles. The van der Waals surface area contributed by atoms with Crippen LogP contribution >= 0.6 is 23.1 Å². The second-order valence-corrected chi connectivity index (χ2v) is 6.16. The minimum absolute atomic E-state index is 0.276. The molecule has 1 amide bonds. The molecule has 1 aliphatic heterocycles. The summed E-state index contributed by atoms with van der Waals surface area (Å²) >= 11 is 3.09. The van der Waals surface area contributed by atoms with E-state index < -0.39 is 0 Å². The highest BCUT2D eigenvalue weighted by molar-refractivity contribution is 7.98. The van der Waals surface area contributed by atoms with Crippen LogP contribution in [0.5, 0.6) is 5.19 Å². The molecule has 0 bridgehead atoms. The molecule has 5 nitrogen and oxygen atoms in total. The molecule has 21 heavy (non-hydrogen) atoms. The number of amides is 1. The minimum atomic E-state index is -0.334. The monoisotopic (exact) mass is 322 g/mol. The van der Waals surface area contributed by atoms with E-state index in [1.165, 1.54) is 11.3 Å². The number of hydrogen-bond donors (Lipinski definition) is 0. The number of anilines is 1. The zero-order valence-corrected chi connectivity index (χ0v) is 13.0. The number of nitrogens with zero attached hydrogens (tertiary/aromatic N) is 2. The second-order valence-electron chi connectivity index (χ2n) is 4.42. The number of rotatable bonds is 5. The summed E-state index contributed by atoms with van der Waals surface area (Å²) in [5.41, 5.74) is 0.842. The number of thiazole rings is 1. The Morgan fingerprint density at radius 2 is 2.29 bits per heavy atom. The van der Waals surface area contributed by atoms with Crippen LogP contribution in [0.2, 0.25) is 0 Å². The van der Waals surface area contributed by atoms with Gasteiger partial charge in [0.2, 0.25) is 0 Å². The summed E-state index contributed by atoms with van der Waals surface area (Å²) in [7, 11) is 0. The Morgan fingerprint density at radius 1 is 1.48 bits per heavy atom. The summed E-state index contributed by atoms with van der Waals surface area (Å²) < 4.78 is 10.8. The topological polar surface area (TPSA) is 51.7 Å². The molecule has 0 spiro atoms. The molecule has 1 atom stereocenters. The Hall–Kier alpha value is -1.73. The first kappa shape index (κ1) is 14.2. The number of carbonyl (C=O) groups is 1.